The van der Waals surface area contributed by atoms with Crippen molar-refractivity contribution in [3.05, 3.63) is 12.2 Å². The average molecular weight is 226 g/mol. The van der Waals surface area contributed by atoms with Crippen LogP contribution in [0.3, 0.4) is 0 Å². The number of hydrogen-bond donors (Lipinski definition) is 1. The van der Waals surface area contributed by atoms with E-state index in [-0.39, 0.29) is 0 Å². The fraction of sp³-hybridized carbons (Fsp3) is 0.833. The molecule has 0 amide bonds. The van der Waals surface area contributed by atoms with E-state index in [1.807, 2.05) is 0 Å². The second-order valence-corrected chi connectivity index (χ2v) is 5.24. The van der Waals surface area contributed by atoms with Crippen molar-refractivity contribution in [1.29, 1.82) is 0 Å². The molecule has 0 radical (unpaired) electrons. The van der Waals surface area contributed by atoms with Gasteiger partial charge in [-0.15, -0.1) is 0 Å². The van der Waals surface area contributed by atoms with Gasteiger partial charge in [-0.3, -0.25) is 4.90 Å². The molecule has 15 heavy (non-hydrogen) atoms. The van der Waals surface area contributed by atoms with E-state index in [0.717, 1.165) is 18.2 Å². The summed E-state index contributed by atoms with van der Waals surface area (Å²) in [4.78, 5) is 5.12. The summed E-state index contributed by atoms with van der Waals surface area (Å²) in [7, 11) is 0. The van der Waals surface area contributed by atoms with Gasteiger partial charge in [0.2, 0.25) is 0 Å². The molecule has 2 fully saturated rings. The first-order valence-electron chi connectivity index (χ1n) is 6.00. The van der Waals surface area contributed by atoms with E-state index >= 15 is 0 Å². The van der Waals surface area contributed by atoms with Gasteiger partial charge < -0.3 is 4.90 Å². The van der Waals surface area contributed by atoms with Crippen LogP contribution in [0.5, 0.6) is 0 Å². The molecule has 3 heteroatoms. The van der Waals surface area contributed by atoms with Gasteiger partial charge in [-0.05, 0) is 18.8 Å². The molecular formula is C12H22N2S. The van der Waals surface area contributed by atoms with E-state index in [1.54, 1.807) is 0 Å². The Morgan fingerprint density at radius 1 is 1.13 bits per heavy atom. The molecule has 0 aromatic rings. The van der Waals surface area contributed by atoms with Crippen molar-refractivity contribution in [3.63, 3.8) is 0 Å². The summed E-state index contributed by atoms with van der Waals surface area (Å²) in [5.74, 6) is 1.85. The van der Waals surface area contributed by atoms with Crippen LogP contribution in [0.25, 0.3) is 0 Å². The van der Waals surface area contributed by atoms with Crippen molar-refractivity contribution in [1.82, 2.24) is 9.80 Å². The van der Waals surface area contributed by atoms with E-state index in [2.05, 4.69) is 29.0 Å². The van der Waals surface area contributed by atoms with Crippen LogP contribution in [0.4, 0.5) is 0 Å². The van der Waals surface area contributed by atoms with Crippen LogP contribution < -0.4 is 0 Å². The molecule has 1 aliphatic heterocycles. The summed E-state index contributed by atoms with van der Waals surface area (Å²) in [5.41, 5.74) is 1.24. The fourth-order valence-electron chi connectivity index (χ4n) is 2.16. The number of hydrogen-bond acceptors (Lipinski definition) is 3. The first-order valence-corrected chi connectivity index (χ1v) is 6.63. The standard InChI is InChI=1S/C12H22N2S/c1-11(10-15)8-13-4-6-14(7-5-13)9-12-2-3-12/h12,15H,1-10H2. The molecule has 0 bridgehead atoms. The molecule has 0 unspecified atom stereocenters. The van der Waals surface area contributed by atoms with Gasteiger partial charge in [0.05, 0.1) is 0 Å². The zero-order valence-electron chi connectivity index (χ0n) is 9.49. The van der Waals surface area contributed by atoms with Gasteiger partial charge in [-0.25, -0.2) is 0 Å². The Hall–Kier alpha value is 0.01000. The Labute approximate surface area is 98.7 Å². The SMILES string of the molecule is C=C(CS)CN1CCN(CC2CC2)CC1. The number of nitrogens with zero attached hydrogens (tertiary/aromatic N) is 2. The second-order valence-electron chi connectivity index (χ2n) is 4.93. The third-order valence-electron chi connectivity index (χ3n) is 3.35. The molecule has 0 atom stereocenters. The van der Waals surface area contributed by atoms with Crippen LogP contribution in [0.2, 0.25) is 0 Å². The molecule has 2 nitrogen and oxygen atoms in total. The molecule has 1 heterocycles. The van der Waals surface area contributed by atoms with Crippen LogP contribution in [-0.4, -0.2) is 54.8 Å². The van der Waals surface area contributed by atoms with Crippen LogP contribution in [0, 0.1) is 5.92 Å². The molecule has 0 N–H and O–H groups in total. The third kappa shape index (κ3) is 3.82. The van der Waals surface area contributed by atoms with Crippen molar-refractivity contribution in [2.24, 2.45) is 5.92 Å². The third-order valence-corrected chi connectivity index (χ3v) is 3.80. The maximum absolute atomic E-state index is 4.25. The highest BCUT2D eigenvalue weighted by molar-refractivity contribution is 7.80. The molecule has 0 aromatic carbocycles. The van der Waals surface area contributed by atoms with Crippen LogP contribution >= 0.6 is 12.6 Å². The summed E-state index contributed by atoms with van der Waals surface area (Å²) in [6, 6.07) is 0. The minimum Gasteiger partial charge on any atom is -0.301 e. The summed E-state index contributed by atoms with van der Waals surface area (Å²) in [6.45, 7) is 11.3. The van der Waals surface area contributed by atoms with Gasteiger partial charge in [0, 0.05) is 45.0 Å². The average Bonchev–Trinajstić information content (AvgIpc) is 3.05. The van der Waals surface area contributed by atoms with Gasteiger partial charge >= 0.3 is 0 Å². The fourth-order valence-corrected chi connectivity index (χ4v) is 2.26. The molecule has 1 saturated carbocycles. The molecule has 1 saturated heterocycles. The van der Waals surface area contributed by atoms with Crippen molar-refractivity contribution >= 4 is 12.6 Å². The highest BCUT2D eigenvalue weighted by Gasteiger charge is 2.26. The van der Waals surface area contributed by atoms with E-state index in [0.29, 0.717) is 0 Å². The quantitative estimate of drug-likeness (QED) is 0.561. The zero-order valence-corrected chi connectivity index (χ0v) is 10.4. The predicted molar refractivity (Wildman–Crippen MR) is 68.6 cm³/mol. The van der Waals surface area contributed by atoms with Crippen molar-refractivity contribution in [2.45, 2.75) is 12.8 Å². The lowest BCUT2D eigenvalue weighted by Gasteiger charge is -2.35. The summed E-state index contributed by atoms with van der Waals surface area (Å²) in [6.07, 6.45) is 2.94. The van der Waals surface area contributed by atoms with Crippen molar-refractivity contribution < 1.29 is 0 Å². The molecule has 2 aliphatic rings. The van der Waals surface area contributed by atoms with Gasteiger partial charge in [0.25, 0.3) is 0 Å². The maximum atomic E-state index is 4.25. The van der Waals surface area contributed by atoms with Gasteiger partial charge in [0.1, 0.15) is 0 Å². The zero-order chi connectivity index (χ0) is 10.7. The number of piperazine rings is 1. The van der Waals surface area contributed by atoms with Gasteiger partial charge in [-0.1, -0.05) is 12.2 Å². The normalized spacial score (nSPS) is 24.3. The maximum Gasteiger partial charge on any atom is 0.0199 e. The number of rotatable bonds is 5. The molecule has 2 rings (SSSR count). The molecule has 86 valence electrons. The van der Waals surface area contributed by atoms with Crippen LogP contribution in [-0.2, 0) is 0 Å². The lowest BCUT2D eigenvalue weighted by Crippen LogP contribution is -2.47. The van der Waals surface area contributed by atoms with Gasteiger partial charge in [0.15, 0.2) is 0 Å². The van der Waals surface area contributed by atoms with Gasteiger partial charge in [-0.2, -0.15) is 12.6 Å². The second kappa shape index (κ2) is 5.37. The van der Waals surface area contributed by atoms with E-state index in [9.17, 15) is 0 Å². The highest BCUT2D eigenvalue weighted by atomic mass is 32.1. The Morgan fingerprint density at radius 2 is 1.73 bits per heavy atom. The lowest BCUT2D eigenvalue weighted by molar-refractivity contribution is 0.136. The van der Waals surface area contributed by atoms with Crippen molar-refractivity contribution in [2.75, 3.05) is 45.0 Å². The monoisotopic (exact) mass is 226 g/mol. The molecule has 1 aliphatic carbocycles. The first-order chi connectivity index (χ1) is 7.28. The van der Waals surface area contributed by atoms with E-state index < -0.39 is 0 Å². The predicted octanol–water partition coefficient (Wildman–Crippen LogP) is 1.50. The first kappa shape index (κ1) is 11.5. The van der Waals surface area contributed by atoms with Crippen LogP contribution in [0.1, 0.15) is 12.8 Å². The number of thiol groups is 1. The minimum atomic E-state index is 0.822. The summed E-state index contributed by atoms with van der Waals surface area (Å²) in [5, 5.41) is 0. The minimum absolute atomic E-state index is 0.822. The summed E-state index contributed by atoms with van der Waals surface area (Å²) >= 11 is 4.25. The topological polar surface area (TPSA) is 6.48 Å². The molecule has 0 aromatic heterocycles. The Kier molecular flexibility index (Phi) is 4.12. The highest BCUT2D eigenvalue weighted by Crippen LogP contribution is 2.29. The van der Waals surface area contributed by atoms with Crippen LogP contribution in [0.15, 0.2) is 12.2 Å². The summed E-state index contributed by atoms with van der Waals surface area (Å²) < 4.78 is 0. The van der Waals surface area contributed by atoms with Crippen molar-refractivity contribution in [3.8, 4) is 0 Å². The molecular weight excluding hydrogens is 204 g/mol. The Morgan fingerprint density at radius 3 is 2.27 bits per heavy atom. The lowest BCUT2D eigenvalue weighted by atomic mass is 10.2. The largest absolute Gasteiger partial charge is 0.301 e. The smallest absolute Gasteiger partial charge is 0.0199 e. The molecule has 0 spiro atoms. The van der Waals surface area contributed by atoms with E-state index in [4.69, 9.17) is 0 Å². The Bertz CT molecular complexity index is 218. The Balaban J connectivity index is 1.64. The van der Waals surface area contributed by atoms with E-state index in [1.165, 1.54) is 51.1 Å².